The molecular weight excluding hydrogens is 369 g/mol. The van der Waals surface area contributed by atoms with E-state index in [1.165, 1.54) is 4.31 Å². The Labute approximate surface area is 149 Å². The fourth-order valence-electron chi connectivity index (χ4n) is 2.62. The van der Waals surface area contributed by atoms with Gasteiger partial charge in [0.05, 0.1) is 23.5 Å². The predicted octanol–water partition coefficient (Wildman–Crippen LogP) is 3.17. The molecule has 0 N–H and O–H groups in total. The SMILES string of the molecule is Cc1ccc(C)c(S(=O)(=O)N2CC(Oc3cc(C(F)(F)F)ccn3)C2)c1. The van der Waals surface area contributed by atoms with Crippen molar-refractivity contribution in [3.8, 4) is 5.88 Å². The molecule has 2 aromatic rings. The van der Waals surface area contributed by atoms with Crippen molar-refractivity contribution in [2.24, 2.45) is 0 Å². The van der Waals surface area contributed by atoms with E-state index in [0.29, 0.717) is 5.56 Å². The largest absolute Gasteiger partial charge is 0.472 e. The fourth-order valence-corrected chi connectivity index (χ4v) is 4.43. The minimum absolute atomic E-state index is 0.0631. The Hall–Kier alpha value is -2.13. The van der Waals surface area contributed by atoms with E-state index in [-0.39, 0.29) is 23.9 Å². The number of halogens is 3. The topological polar surface area (TPSA) is 59.5 Å². The number of aromatic nitrogens is 1. The van der Waals surface area contributed by atoms with Crippen LogP contribution in [-0.2, 0) is 16.2 Å². The van der Waals surface area contributed by atoms with E-state index in [0.717, 1.165) is 23.9 Å². The molecule has 1 aliphatic heterocycles. The van der Waals surface area contributed by atoms with Gasteiger partial charge in [-0.1, -0.05) is 12.1 Å². The van der Waals surface area contributed by atoms with E-state index >= 15 is 0 Å². The van der Waals surface area contributed by atoms with Crippen LogP contribution in [0.3, 0.4) is 0 Å². The zero-order chi connectivity index (χ0) is 19.1. The van der Waals surface area contributed by atoms with E-state index in [2.05, 4.69) is 4.98 Å². The molecule has 0 radical (unpaired) electrons. The molecule has 3 rings (SSSR count). The van der Waals surface area contributed by atoms with Crippen LogP contribution in [0.4, 0.5) is 13.2 Å². The van der Waals surface area contributed by atoms with Gasteiger partial charge in [-0.25, -0.2) is 13.4 Å². The first kappa shape index (κ1) is 18.7. The van der Waals surface area contributed by atoms with Gasteiger partial charge in [0.15, 0.2) is 0 Å². The molecular formula is C17H17F3N2O3S. The second-order valence-electron chi connectivity index (χ2n) is 6.21. The van der Waals surface area contributed by atoms with E-state index in [4.69, 9.17) is 4.74 Å². The lowest BCUT2D eigenvalue weighted by atomic mass is 10.2. The van der Waals surface area contributed by atoms with Crippen LogP contribution >= 0.6 is 0 Å². The molecule has 1 fully saturated rings. The summed E-state index contributed by atoms with van der Waals surface area (Å²) in [5.74, 6) is -0.173. The van der Waals surface area contributed by atoms with Gasteiger partial charge in [-0.05, 0) is 37.1 Å². The van der Waals surface area contributed by atoms with Crippen LogP contribution < -0.4 is 4.74 Å². The summed E-state index contributed by atoms with van der Waals surface area (Å²) < 4.78 is 70.1. The van der Waals surface area contributed by atoms with Crippen molar-refractivity contribution in [1.29, 1.82) is 0 Å². The molecule has 0 unspecified atom stereocenters. The van der Waals surface area contributed by atoms with E-state index < -0.39 is 27.9 Å². The quantitative estimate of drug-likeness (QED) is 0.810. The molecule has 1 aliphatic rings. The smallest absolute Gasteiger partial charge is 0.416 e. The Balaban J connectivity index is 1.68. The summed E-state index contributed by atoms with van der Waals surface area (Å²) in [4.78, 5) is 3.99. The van der Waals surface area contributed by atoms with Crippen LogP contribution in [0.2, 0.25) is 0 Å². The van der Waals surface area contributed by atoms with Gasteiger partial charge in [-0.15, -0.1) is 0 Å². The molecule has 5 nitrogen and oxygen atoms in total. The van der Waals surface area contributed by atoms with Gasteiger partial charge in [0.2, 0.25) is 15.9 Å². The molecule has 0 aliphatic carbocycles. The third-order valence-electron chi connectivity index (χ3n) is 4.13. The second-order valence-corrected chi connectivity index (χ2v) is 8.12. The van der Waals surface area contributed by atoms with Gasteiger partial charge in [0.25, 0.3) is 0 Å². The minimum atomic E-state index is -4.49. The van der Waals surface area contributed by atoms with Crippen molar-refractivity contribution < 1.29 is 26.3 Å². The average Bonchev–Trinajstić information content (AvgIpc) is 2.52. The van der Waals surface area contributed by atoms with Gasteiger partial charge in [-0.3, -0.25) is 0 Å². The Bertz CT molecular complexity index is 923. The normalized spacial score (nSPS) is 16.3. The van der Waals surface area contributed by atoms with Gasteiger partial charge < -0.3 is 4.74 Å². The van der Waals surface area contributed by atoms with Gasteiger partial charge in [0, 0.05) is 12.3 Å². The third kappa shape index (κ3) is 3.68. The molecule has 26 heavy (non-hydrogen) atoms. The maximum Gasteiger partial charge on any atom is 0.416 e. The molecule has 0 bridgehead atoms. The summed E-state index contributed by atoms with van der Waals surface area (Å²) in [5, 5.41) is 0. The van der Waals surface area contributed by atoms with Crippen molar-refractivity contribution in [2.75, 3.05) is 13.1 Å². The minimum Gasteiger partial charge on any atom is -0.472 e. The summed E-state index contributed by atoms with van der Waals surface area (Å²) in [6, 6.07) is 6.83. The number of benzene rings is 1. The predicted molar refractivity (Wildman–Crippen MR) is 88.3 cm³/mol. The molecule has 1 aromatic carbocycles. The summed E-state index contributed by atoms with van der Waals surface area (Å²) in [5.41, 5.74) is 0.608. The van der Waals surface area contributed by atoms with Crippen LogP contribution in [0, 0.1) is 13.8 Å². The van der Waals surface area contributed by atoms with Crippen LogP contribution in [0.15, 0.2) is 41.4 Å². The highest BCUT2D eigenvalue weighted by molar-refractivity contribution is 7.89. The Morgan fingerprint density at radius 1 is 1.15 bits per heavy atom. The number of rotatable bonds is 4. The molecule has 9 heteroatoms. The molecule has 140 valence electrons. The van der Waals surface area contributed by atoms with Crippen LogP contribution in [-0.4, -0.2) is 36.9 Å². The Morgan fingerprint density at radius 3 is 2.50 bits per heavy atom. The summed E-state index contributed by atoms with van der Waals surface area (Å²) in [7, 11) is -3.66. The number of nitrogens with zero attached hydrogens (tertiary/aromatic N) is 2. The first-order chi connectivity index (χ1) is 12.1. The Morgan fingerprint density at radius 2 is 1.85 bits per heavy atom. The monoisotopic (exact) mass is 386 g/mol. The van der Waals surface area contributed by atoms with Gasteiger partial charge in [0.1, 0.15) is 6.10 Å². The van der Waals surface area contributed by atoms with E-state index in [9.17, 15) is 21.6 Å². The van der Waals surface area contributed by atoms with Crippen LogP contribution in [0.25, 0.3) is 0 Å². The summed E-state index contributed by atoms with van der Waals surface area (Å²) in [6.07, 6.45) is -4.01. The maximum atomic E-state index is 12.7. The molecule has 1 saturated heterocycles. The first-order valence-electron chi connectivity index (χ1n) is 7.84. The highest BCUT2D eigenvalue weighted by atomic mass is 32.2. The number of ether oxygens (including phenoxy) is 1. The average molecular weight is 386 g/mol. The van der Waals surface area contributed by atoms with Crippen molar-refractivity contribution in [3.63, 3.8) is 0 Å². The first-order valence-corrected chi connectivity index (χ1v) is 9.29. The standard InChI is InChI=1S/C17H17F3N2O3S/c1-11-3-4-12(2)15(7-11)26(23,24)22-9-14(10-22)25-16-8-13(5-6-21-16)17(18,19)20/h3-8,14H,9-10H2,1-2H3. The lowest BCUT2D eigenvalue weighted by Crippen LogP contribution is -2.56. The highest BCUT2D eigenvalue weighted by Gasteiger charge is 2.39. The van der Waals surface area contributed by atoms with E-state index in [1.54, 1.807) is 26.0 Å². The Kier molecular flexibility index (Phi) is 4.70. The zero-order valence-corrected chi connectivity index (χ0v) is 14.9. The molecule has 1 aromatic heterocycles. The van der Waals surface area contributed by atoms with Crippen molar-refractivity contribution in [2.45, 2.75) is 31.0 Å². The van der Waals surface area contributed by atoms with Gasteiger partial charge in [-0.2, -0.15) is 17.5 Å². The second kappa shape index (κ2) is 6.55. The third-order valence-corrected chi connectivity index (χ3v) is 6.10. The molecule has 0 saturated carbocycles. The molecule has 0 amide bonds. The number of alkyl halides is 3. The lowest BCUT2D eigenvalue weighted by Gasteiger charge is -2.37. The highest BCUT2D eigenvalue weighted by Crippen LogP contribution is 2.31. The fraction of sp³-hybridized carbons (Fsp3) is 0.353. The number of hydrogen-bond donors (Lipinski definition) is 0. The summed E-state index contributed by atoms with van der Waals surface area (Å²) in [6.45, 7) is 3.65. The molecule has 0 spiro atoms. The number of hydrogen-bond acceptors (Lipinski definition) is 4. The van der Waals surface area contributed by atoms with Crippen molar-refractivity contribution >= 4 is 10.0 Å². The molecule has 2 heterocycles. The van der Waals surface area contributed by atoms with Crippen molar-refractivity contribution in [3.05, 3.63) is 53.2 Å². The lowest BCUT2D eigenvalue weighted by molar-refractivity contribution is -0.137. The van der Waals surface area contributed by atoms with Crippen molar-refractivity contribution in [1.82, 2.24) is 9.29 Å². The number of pyridine rings is 1. The van der Waals surface area contributed by atoms with E-state index in [1.807, 2.05) is 6.07 Å². The molecule has 0 atom stereocenters. The zero-order valence-electron chi connectivity index (χ0n) is 14.1. The maximum absolute atomic E-state index is 12.7. The van der Waals surface area contributed by atoms with Crippen LogP contribution in [0.1, 0.15) is 16.7 Å². The van der Waals surface area contributed by atoms with Crippen LogP contribution in [0.5, 0.6) is 5.88 Å². The summed E-state index contributed by atoms with van der Waals surface area (Å²) >= 11 is 0. The van der Waals surface area contributed by atoms with Gasteiger partial charge >= 0.3 is 6.18 Å². The number of sulfonamides is 1. The number of aryl methyl sites for hydroxylation is 2.